The predicted octanol–water partition coefficient (Wildman–Crippen LogP) is 2.23. The number of rotatable bonds is 7. The Hall–Kier alpha value is -1.38. The Labute approximate surface area is 159 Å². The second-order valence-electron chi connectivity index (χ2n) is 5.56. The number of aliphatic hydroxyl groups excluding tert-OH is 1. The molecule has 130 valence electrons. The molecule has 0 atom stereocenters. The lowest BCUT2D eigenvalue weighted by Gasteiger charge is -2.21. The van der Waals surface area contributed by atoms with Gasteiger partial charge in [-0.25, -0.2) is 0 Å². The van der Waals surface area contributed by atoms with Gasteiger partial charge in [-0.2, -0.15) is 0 Å². The molecule has 0 bridgehead atoms. The van der Waals surface area contributed by atoms with Crippen molar-refractivity contribution >= 4 is 40.7 Å². The largest absolute Gasteiger partial charge is 0.394 e. The minimum Gasteiger partial charge on any atom is -0.394 e. The van der Waals surface area contributed by atoms with Gasteiger partial charge in [-0.15, -0.1) is 24.0 Å². The number of nitrogens with one attached hydrogen (secondary N) is 1. The second-order valence-corrected chi connectivity index (χ2v) is 5.56. The van der Waals surface area contributed by atoms with Crippen LogP contribution in [0.3, 0.4) is 0 Å². The zero-order valence-corrected chi connectivity index (χ0v) is 16.0. The van der Waals surface area contributed by atoms with Crippen molar-refractivity contribution in [3.8, 4) is 0 Å². The maximum absolute atomic E-state index is 8.72. The first kappa shape index (κ1) is 19.0. The first-order chi connectivity index (χ1) is 11.4. The molecule has 2 aromatic rings. The van der Waals surface area contributed by atoms with Crippen LogP contribution in [0.25, 0.3) is 10.8 Å². The summed E-state index contributed by atoms with van der Waals surface area (Å²) in [6.07, 6.45) is 0. The zero-order valence-electron chi connectivity index (χ0n) is 13.6. The average Bonchev–Trinajstić information content (AvgIpc) is 3.04. The van der Waals surface area contributed by atoms with Crippen LogP contribution in [0.15, 0.2) is 47.5 Å². The van der Waals surface area contributed by atoms with Crippen LogP contribution >= 0.6 is 24.0 Å². The molecule has 1 aliphatic heterocycles. The van der Waals surface area contributed by atoms with Crippen molar-refractivity contribution in [2.45, 2.75) is 6.54 Å². The van der Waals surface area contributed by atoms with Crippen LogP contribution in [0.4, 0.5) is 0 Å². The minimum atomic E-state index is 0. The predicted molar refractivity (Wildman–Crippen MR) is 108 cm³/mol. The van der Waals surface area contributed by atoms with E-state index in [-0.39, 0.29) is 30.6 Å². The molecule has 0 amide bonds. The Balaban J connectivity index is 0.00000208. The highest BCUT2D eigenvalue weighted by Crippen LogP contribution is 2.15. The van der Waals surface area contributed by atoms with Gasteiger partial charge in [-0.05, 0) is 22.4 Å². The highest BCUT2D eigenvalue weighted by Gasteiger charge is 2.15. The maximum Gasteiger partial charge on any atom is 0.194 e. The Morgan fingerprint density at radius 2 is 1.96 bits per heavy atom. The lowest BCUT2D eigenvalue weighted by atomic mass is 10.1. The fraction of sp³-hybridized carbons (Fsp3) is 0.389. The summed E-state index contributed by atoms with van der Waals surface area (Å²) in [6, 6.07) is 14.9. The molecule has 0 aromatic heterocycles. The van der Waals surface area contributed by atoms with Gasteiger partial charge in [0.05, 0.1) is 26.4 Å². The first-order valence-corrected chi connectivity index (χ1v) is 8.06. The van der Waals surface area contributed by atoms with Crippen molar-refractivity contribution < 1.29 is 9.84 Å². The van der Waals surface area contributed by atoms with Crippen molar-refractivity contribution in [2.75, 3.05) is 39.5 Å². The first-order valence-electron chi connectivity index (χ1n) is 8.06. The smallest absolute Gasteiger partial charge is 0.194 e. The number of benzene rings is 2. The Morgan fingerprint density at radius 3 is 2.79 bits per heavy atom. The van der Waals surface area contributed by atoms with Crippen LogP contribution in [-0.2, 0) is 11.3 Å². The van der Waals surface area contributed by atoms with E-state index < -0.39 is 0 Å². The van der Waals surface area contributed by atoms with Crippen molar-refractivity contribution in [3.05, 3.63) is 48.0 Å². The number of fused-ring (bicyclic) bond motifs is 1. The average molecular weight is 441 g/mol. The summed E-state index contributed by atoms with van der Waals surface area (Å²) >= 11 is 0. The van der Waals surface area contributed by atoms with Gasteiger partial charge in [0.25, 0.3) is 0 Å². The highest BCUT2D eigenvalue weighted by molar-refractivity contribution is 14.0. The zero-order chi connectivity index (χ0) is 15.9. The minimum absolute atomic E-state index is 0. The number of aliphatic imine (C=N–C) groups is 1. The van der Waals surface area contributed by atoms with Crippen molar-refractivity contribution in [1.82, 2.24) is 10.2 Å². The lowest BCUT2D eigenvalue weighted by molar-refractivity contribution is 0.0849. The van der Waals surface area contributed by atoms with Crippen molar-refractivity contribution in [1.29, 1.82) is 0 Å². The third kappa shape index (κ3) is 5.06. The number of nitrogens with zero attached hydrogens (tertiary/aromatic N) is 2. The number of hydrogen-bond donors (Lipinski definition) is 2. The molecule has 0 saturated heterocycles. The molecule has 0 aliphatic carbocycles. The molecule has 0 radical (unpaired) electrons. The molecule has 1 heterocycles. The molecule has 2 N–H and O–H groups in total. The summed E-state index contributed by atoms with van der Waals surface area (Å²) in [4.78, 5) is 6.71. The van der Waals surface area contributed by atoms with Gasteiger partial charge in [0, 0.05) is 19.6 Å². The summed E-state index contributed by atoms with van der Waals surface area (Å²) in [5.41, 5.74) is 1.25. The van der Waals surface area contributed by atoms with E-state index in [1.165, 1.54) is 16.3 Å². The number of ether oxygens (including phenoxy) is 1. The van der Waals surface area contributed by atoms with Crippen LogP contribution < -0.4 is 5.32 Å². The van der Waals surface area contributed by atoms with E-state index in [1.807, 2.05) is 0 Å². The Kier molecular flexibility index (Phi) is 7.74. The summed E-state index contributed by atoms with van der Waals surface area (Å²) in [5.74, 6) is 0.936. The summed E-state index contributed by atoms with van der Waals surface area (Å²) in [5, 5.41) is 14.7. The van der Waals surface area contributed by atoms with Gasteiger partial charge in [0.1, 0.15) is 0 Å². The molecule has 24 heavy (non-hydrogen) atoms. The third-order valence-corrected chi connectivity index (χ3v) is 3.94. The molecule has 2 aromatic carbocycles. The van der Waals surface area contributed by atoms with E-state index in [1.54, 1.807) is 0 Å². The van der Waals surface area contributed by atoms with Gasteiger partial charge in [-0.1, -0.05) is 36.4 Å². The molecule has 0 fully saturated rings. The molecule has 1 aliphatic rings. The maximum atomic E-state index is 8.72. The van der Waals surface area contributed by atoms with Gasteiger partial charge in [0.15, 0.2) is 5.96 Å². The van der Waals surface area contributed by atoms with E-state index in [2.05, 4.69) is 57.7 Å². The van der Waals surface area contributed by atoms with Crippen molar-refractivity contribution in [3.63, 3.8) is 0 Å². The van der Waals surface area contributed by atoms with Crippen LogP contribution in [0.1, 0.15) is 5.56 Å². The van der Waals surface area contributed by atoms with E-state index in [9.17, 15) is 0 Å². The van der Waals surface area contributed by atoms with Gasteiger partial charge in [-0.3, -0.25) is 4.99 Å². The monoisotopic (exact) mass is 441 g/mol. The topological polar surface area (TPSA) is 57.1 Å². The highest BCUT2D eigenvalue weighted by atomic mass is 127. The Bertz CT molecular complexity index is 678. The molecule has 5 nitrogen and oxygen atoms in total. The van der Waals surface area contributed by atoms with Crippen molar-refractivity contribution in [2.24, 2.45) is 4.99 Å². The van der Waals surface area contributed by atoms with E-state index in [4.69, 9.17) is 9.84 Å². The number of aliphatic hydroxyl groups is 1. The van der Waals surface area contributed by atoms with E-state index in [0.29, 0.717) is 13.2 Å². The molecular formula is C18H24IN3O2. The number of halogens is 1. The summed E-state index contributed by atoms with van der Waals surface area (Å²) in [6.45, 7) is 4.37. The molecule has 3 rings (SSSR count). The molecule has 0 spiro atoms. The second kappa shape index (κ2) is 9.80. The van der Waals surface area contributed by atoms with Gasteiger partial charge in [0.2, 0.25) is 0 Å². The van der Waals surface area contributed by atoms with E-state index in [0.717, 1.165) is 32.1 Å². The molecule has 0 unspecified atom stereocenters. The number of guanidine groups is 1. The third-order valence-electron chi connectivity index (χ3n) is 3.94. The van der Waals surface area contributed by atoms with Crippen LogP contribution in [0.5, 0.6) is 0 Å². The van der Waals surface area contributed by atoms with Crippen LogP contribution in [0.2, 0.25) is 0 Å². The Morgan fingerprint density at radius 1 is 1.12 bits per heavy atom. The fourth-order valence-corrected chi connectivity index (χ4v) is 2.74. The van der Waals surface area contributed by atoms with Crippen LogP contribution in [0, 0.1) is 0 Å². The molecule has 6 heteroatoms. The molecular weight excluding hydrogens is 417 g/mol. The normalized spacial score (nSPS) is 13.7. The van der Waals surface area contributed by atoms with Crippen LogP contribution in [-0.4, -0.2) is 55.4 Å². The quantitative estimate of drug-likeness (QED) is 0.511. The molecule has 0 saturated carbocycles. The van der Waals surface area contributed by atoms with Gasteiger partial charge >= 0.3 is 0 Å². The fourth-order valence-electron chi connectivity index (χ4n) is 2.74. The lowest BCUT2D eigenvalue weighted by Crippen LogP contribution is -2.40. The summed E-state index contributed by atoms with van der Waals surface area (Å²) < 4.78 is 5.33. The summed E-state index contributed by atoms with van der Waals surface area (Å²) in [7, 11) is 0. The van der Waals surface area contributed by atoms with E-state index >= 15 is 0 Å². The standard InChI is InChI=1S/C18H23N3O2.HI/c22-10-12-23-11-9-21-8-7-19-18(21)20-14-15-5-6-16-3-1-2-4-17(16)13-15;/h1-6,13,22H,7-12,14H2,(H,19,20);1H. The SMILES string of the molecule is I.OCCOCCN1CCN=C1NCc1ccc2ccccc2c1. The number of hydrogen-bond acceptors (Lipinski definition) is 5. The van der Waals surface area contributed by atoms with Gasteiger partial charge < -0.3 is 20.1 Å².